The summed E-state index contributed by atoms with van der Waals surface area (Å²) in [5, 5.41) is 6.62. The predicted molar refractivity (Wildman–Crippen MR) is 159 cm³/mol. The Morgan fingerprint density at radius 1 is 0.848 bits per heavy atom. The number of amides is 3. The summed E-state index contributed by atoms with van der Waals surface area (Å²) in [6.45, 7) is 0. The first-order valence-corrected chi connectivity index (χ1v) is 14.1. The van der Waals surface area contributed by atoms with E-state index in [4.69, 9.17) is 34.8 Å². The van der Waals surface area contributed by atoms with Gasteiger partial charge in [0.2, 0.25) is 5.91 Å². The van der Waals surface area contributed by atoms with Gasteiger partial charge in [-0.1, -0.05) is 17.7 Å². The number of hydrogen-bond acceptors (Lipinski definition) is 4. The Kier molecular flexibility index (Phi) is 8.95. The number of nitrogens with one attached hydrogen (secondary N) is 3. The fraction of sp³-hybridized carbons (Fsp3) is 0.133. The Labute approximate surface area is 270 Å². The molecule has 16 heteroatoms. The Balaban J connectivity index is 1.32. The van der Waals surface area contributed by atoms with Crippen molar-refractivity contribution in [3.63, 3.8) is 0 Å². The van der Waals surface area contributed by atoms with Gasteiger partial charge in [-0.3, -0.25) is 19.4 Å². The molecule has 1 heterocycles. The highest BCUT2D eigenvalue weighted by Crippen LogP contribution is 2.65. The Bertz CT molecular complexity index is 1880. The average molecular weight is 702 g/mol. The van der Waals surface area contributed by atoms with Crippen molar-refractivity contribution in [1.82, 2.24) is 4.98 Å². The topological polar surface area (TPSA) is 100 Å². The summed E-state index contributed by atoms with van der Waals surface area (Å²) in [5.41, 5.74) is -3.30. The lowest BCUT2D eigenvalue weighted by atomic mass is 10.0. The quantitative estimate of drug-likeness (QED) is 0.134. The van der Waals surface area contributed by atoms with Gasteiger partial charge in [-0.15, -0.1) is 23.2 Å². The molecular formula is C30H17Cl3F6N4O3. The van der Waals surface area contributed by atoms with Crippen LogP contribution in [-0.2, 0) is 11.0 Å². The molecule has 3 amide bonds. The maximum atomic E-state index is 15.2. The molecular weight excluding hydrogens is 685 g/mol. The van der Waals surface area contributed by atoms with Crippen LogP contribution < -0.4 is 16.0 Å². The highest BCUT2D eigenvalue weighted by Gasteiger charge is 2.67. The predicted octanol–water partition coefficient (Wildman–Crippen LogP) is 8.20. The molecule has 1 aliphatic carbocycles. The van der Waals surface area contributed by atoms with Crippen LogP contribution in [0.25, 0.3) is 0 Å². The standard InChI is InChI=1S/C30H17Cl3F6N4O3/c31-18-5-4-15(41-28(46)23-22(29(23,32)33)13-3-6-19(34)17(10-13)30(37,38)39)11-16(18)27(45)42-21-8-7-20(35)25(24(21)36)43-26(44)14-2-1-9-40-12-14/h1-12,22-23H,(H,41,46)(H,42,45)(H,43,44)/t22-,23?/m0/s1. The number of nitrogens with zero attached hydrogens (tertiary/aromatic N) is 1. The number of rotatable bonds is 7. The molecule has 2 atom stereocenters. The number of alkyl halides is 5. The minimum absolute atomic E-state index is 0.0169. The van der Waals surface area contributed by atoms with Crippen LogP contribution in [0, 0.1) is 23.4 Å². The second kappa shape index (κ2) is 12.5. The first-order valence-electron chi connectivity index (χ1n) is 12.9. The van der Waals surface area contributed by atoms with Crippen molar-refractivity contribution >= 4 is 69.6 Å². The molecule has 1 saturated carbocycles. The van der Waals surface area contributed by atoms with Crippen molar-refractivity contribution in [1.29, 1.82) is 0 Å². The van der Waals surface area contributed by atoms with Crippen LogP contribution in [0.2, 0.25) is 5.02 Å². The van der Waals surface area contributed by atoms with E-state index in [1.165, 1.54) is 36.7 Å². The lowest BCUT2D eigenvalue weighted by Gasteiger charge is -2.13. The van der Waals surface area contributed by atoms with E-state index >= 15 is 4.39 Å². The van der Waals surface area contributed by atoms with Crippen LogP contribution in [0.5, 0.6) is 0 Å². The van der Waals surface area contributed by atoms with Gasteiger partial charge in [-0.25, -0.2) is 13.2 Å². The summed E-state index contributed by atoms with van der Waals surface area (Å²) in [6.07, 6.45) is -2.42. The van der Waals surface area contributed by atoms with E-state index in [0.29, 0.717) is 12.1 Å². The van der Waals surface area contributed by atoms with Crippen molar-refractivity contribution in [2.75, 3.05) is 16.0 Å². The van der Waals surface area contributed by atoms with Gasteiger partial charge in [0.15, 0.2) is 5.82 Å². The largest absolute Gasteiger partial charge is 0.419 e. The van der Waals surface area contributed by atoms with Gasteiger partial charge in [-0.2, -0.15) is 13.2 Å². The Hall–Kier alpha value is -4.33. The molecule has 46 heavy (non-hydrogen) atoms. The van der Waals surface area contributed by atoms with E-state index in [0.717, 1.165) is 24.3 Å². The van der Waals surface area contributed by atoms with Crippen molar-refractivity contribution in [3.8, 4) is 0 Å². The maximum Gasteiger partial charge on any atom is 0.419 e. The summed E-state index contributed by atoms with van der Waals surface area (Å²) in [5.74, 6) is -9.01. The summed E-state index contributed by atoms with van der Waals surface area (Å²) in [4.78, 5) is 42.3. The monoisotopic (exact) mass is 700 g/mol. The highest BCUT2D eigenvalue weighted by atomic mass is 35.5. The van der Waals surface area contributed by atoms with E-state index in [1.807, 2.05) is 0 Å². The van der Waals surface area contributed by atoms with Gasteiger partial charge < -0.3 is 16.0 Å². The van der Waals surface area contributed by atoms with Crippen molar-refractivity contribution < 1.29 is 40.7 Å². The van der Waals surface area contributed by atoms with Gasteiger partial charge in [0, 0.05) is 24.0 Å². The highest BCUT2D eigenvalue weighted by molar-refractivity contribution is 6.53. The van der Waals surface area contributed by atoms with Gasteiger partial charge >= 0.3 is 6.18 Å². The van der Waals surface area contributed by atoms with Gasteiger partial charge in [0.05, 0.1) is 33.3 Å². The summed E-state index contributed by atoms with van der Waals surface area (Å²) >= 11 is 18.6. The van der Waals surface area contributed by atoms with Crippen molar-refractivity contribution in [2.45, 2.75) is 16.4 Å². The first kappa shape index (κ1) is 33.0. The normalized spacial score (nSPS) is 16.8. The molecule has 1 unspecified atom stereocenters. The van der Waals surface area contributed by atoms with Crippen LogP contribution in [0.4, 0.5) is 43.4 Å². The molecule has 3 N–H and O–H groups in total. The van der Waals surface area contributed by atoms with E-state index < -0.39 is 74.5 Å². The van der Waals surface area contributed by atoms with Crippen molar-refractivity contribution in [2.24, 2.45) is 5.92 Å². The number of anilines is 3. The third kappa shape index (κ3) is 6.62. The molecule has 1 aromatic heterocycles. The van der Waals surface area contributed by atoms with E-state index in [-0.39, 0.29) is 27.4 Å². The van der Waals surface area contributed by atoms with Crippen LogP contribution in [-0.4, -0.2) is 27.0 Å². The second-order valence-corrected chi connectivity index (χ2v) is 11.8. The molecule has 5 rings (SSSR count). The molecule has 1 fully saturated rings. The molecule has 0 radical (unpaired) electrons. The van der Waals surface area contributed by atoms with Crippen LogP contribution in [0.15, 0.2) is 73.1 Å². The molecule has 0 spiro atoms. The lowest BCUT2D eigenvalue weighted by Crippen LogP contribution is -2.19. The zero-order valence-electron chi connectivity index (χ0n) is 22.7. The SMILES string of the molecule is O=C(Nc1c(F)ccc(NC(=O)c2cc(NC(=O)C3[C@H](c4ccc(F)c(C(F)(F)F)c4)C3(Cl)Cl)ccc2Cl)c1F)c1cccnc1. The molecule has 0 bridgehead atoms. The first-order chi connectivity index (χ1) is 21.6. The molecule has 7 nitrogen and oxygen atoms in total. The number of hydrogen-bond donors (Lipinski definition) is 3. The zero-order valence-corrected chi connectivity index (χ0v) is 24.9. The Morgan fingerprint density at radius 2 is 1.57 bits per heavy atom. The summed E-state index contributed by atoms with van der Waals surface area (Å²) in [6, 6.07) is 10.3. The van der Waals surface area contributed by atoms with Gasteiger partial charge in [-0.05, 0) is 60.2 Å². The smallest absolute Gasteiger partial charge is 0.326 e. The number of carbonyl (C=O) groups excluding carboxylic acids is 3. The fourth-order valence-electron chi connectivity index (χ4n) is 4.65. The Morgan fingerprint density at radius 3 is 2.24 bits per heavy atom. The fourth-order valence-corrected chi connectivity index (χ4v) is 5.69. The molecule has 4 aromatic rings. The zero-order chi connectivity index (χ0) is 33.6. The van der Waals surface area contributed by atoms with E-state index in [9.17, 15) is 36.3 Å². The number of aromatic nitrogens is 1. The number of carbonyl (C=O) groups is 3. The lowest BCUT2D eigenvalue weighted by molar-refractivity contribution is -0.140. The van der Waals surface area contributed by atoms with Gasteiger partial charge in [0.25, 0.3) is 11.8 Å². The van der Waals surface area contributed by atoms with Crippen LogP contribution in [0.3, 0.4) is 0 Å². The minimum Gasteiger partial charge on any atom is -0.326 e. The molecule has 238 valence electrons. The van der Waals surface area contributed by atoms with E-state index in [2.05, 4.69) is 20.9 Å². The van der Waals surface area contributed by atoms with Crippen molar-refractivity contribution in [3.05, 3.63) is 118 Å². The molecule has 1 aliphatic rings. The number of benzene rings is 3. The second-order valence-electron chi connectivity index (χ2n) is 9.98. The number of pyridine rings is 1. The average Bonchev–Trinajstić information content (AvgIpc) is 3.59. The van der Waals surface area contributed by atoms with Gasteiger partial charge in [0.1, 0.15) is 21.7 Å². The molecule has 0 aliphatic heterocycles. The molecule has 3 aromatic carbocycles. The van der Waals surface area contributed by atoms with Crippen LogP contribution in [0.1, 0.15) is 37.8 Å². The maximum absolute atomic E-state index is 15.2. The third-order valence-electron chi connectivity index (χ3n) is 6.97. The number of halogens is 9. The summed E-state index contributed by atoms with van der Waals surface area (Å²) in [7, 11) is 0. The summed E-state index contributed by atoms with van der Waals surface area (Å²) < 4.78 is 81.2. The van der Waals surface area contributed by atoms with E-state index in [1.54, 1.807) is 0 Å². The third-order valence-corrected chi connectivity index (χ3v) is 8.24. The van der Waals surface area contributed by atoms with Crippen LogP contribution >= 0.6 is 34.8 Å². The minimum atomic E-state index is -5.00. The molecule has 0 saturated heterocycles.